The molecule has 1 aliphatic heterocycles. The normalized spacial score (nSPS) is 21.1. The van der Waals surface area contributed by atoms with Crippen LogP contribution in [0, 0.1) is 12.3 Å². The second-order valence-corrected chi connectivity index (χ2v) is 6.59. The van der Waals surface area contributed by atoms with Crippen molar-refractivity contribution in [3.05, 3.63) is 0 Å². The van der Waals surface area contributed by atoms with Crippen molar-refractivity contribution in [1.82, 2.24) is 10.2 Å². The minimum Gasteiger partial charge on any atom is -0.480 e. The molecule has 8 heteroatoms. The maximum Gasteiger partial charge on any atom is 0.323 e. The zero-order chi connectivity index (χ0) is 14.5. The fraction of sp³-hybridized carbons (Fsp3) is 0.636. The van der Waals surface area contributed by atoms with Crippen molar-refractivity contribution < 1.29 is 23.1 Å². The van der Waals surface area contributed by atoms with E-state index in [0.717, 1.165) is 4.90 Å². The first kappa shape index (κ1) is 15.3. The molecule has 106 valence electrons. The summed E-state index contributed by atoms with van der Waals surface area (Å²) in [5.74, 6) is 1.02. The molecule has 1 rings (SSSR count). The molecule has 0 spiro atoms. The van der Waals surface area contributed by atoms with Crippen LogP contribution in [-0.2, 0) is 14.6 Å². The number of hydrogen-bond acceptors (Lipinski definition) is 4. The number of carboxylic acids is 1. The van der Waals surface area contributed by atoms with Crippen LogP contribution in [0.5, 0.6) is 0 Å². The van der Waals surface area contributed by atoms with E-state index >= 15 is 0 Å². The van der Waals surface area contributed by atoms with Crippen LogP contribution in [0.4, 0.5) is 4.79 Å². The highest BCUT2D eigenvalue weighted by molar-refractivity contribution is 7.91. The van der Waals surface area contributed by atoms with E-state index < -0.39 is 34.4 Å². The van der Waals surface area contributed by atoms with E-state index in [9.17, 15) is 18.0 Å². The summed E-state index contributed by atoms with van der Waals surface area (Å²) in [5, 5.41) is 11.2. The lowest BCUT2D eigenvalue weighted by atomic mass is 10.2. The third-order valence-corrected chi connectivity index (χ3v) is 4.51. The van der Waals surface area contributed by atoms with E-state index in [1.807, 2.05) is 0 Å². The highest BCUT2D eigenvalue weighted by atomic mass is 32.2. The molecule has 1 aliphatic rings. The Kier molecular flexibility index (Phi) is 5.18. The SMILES string of the molecule is C#CCN(CC(=O)O)C(=O)NC1CCCS(=O)(=O)C1. The predicted octanol–water partition coefficient (Wildman–Crippen LogP) is -0.707. The average Bonchev–Trinajstić information content (AvgIpc) is 2.26. The van der Waals surface area contributed by atoms with Gasteiger partial charge in [-0.25, -0.2) is 13.2 Å². The van der Waals surface area contributed by atoms with Gasteiger partial charge in [-0.3, -0.25) is 4.79 Å². The van der Waals surface area contributed by atoms with Crippen LogP contribution in [0.15, 0.2) is 0 Å². The molecular formula is C11H16N2O5S. The van der Waals surface area contributed by atoms with Crippen LogP contribution >= 0.6 is 0 Å². The second-order valence-electron chi connectivity index (χ2n) is 4.36. The van der Waals surface area contributed by atoms with Crippen molar-refractivity contribution in [3.8, 4) is 12.3 Å². The molecule has 1 saturated heterocycles. The average molecular weight is 288 g/mol. The van der Waals surface area contributed by atoms with Gasteiger partial charge in [0.25, 0.3) is 0 Å². The Morgan fingerprint density at radius 3 is 2.68 bits per heavy atom. The van der Waals surface area contributed by atoms with Crippen molar-refractivity contribution in [2.75, 3.05) is 24.6 Å². The molecule has 0 saturated carbocycles. The van der Waals surface area contributed by atoms with Gasteiger partial charge >= 0.3 is 12.0 Å². The summed E-state index contributed by atoms with van der Waals surface area (Å²) in [5.41, 5.74) is 0. The standard InChI is InChI=1S/C11H16N2O5S/c1-2-5-13(7-10(14)15)11(16)12-9-4-3-6-19(17,18)8-9/h1,9H,3-8H2,(H,12,16)(H,14,15). The number of nitrogens with one attached hydrogen (secondary N) is 1. The molecule has 1 heterocycles. The van der Waals surface area contributed by atoms with Crippen molar-refractivity contribution in [2.24, 2.45) is 0 Å². The minimum atomic E-state index is -3.13. The number of aliphatic carboxylic acids is 1. The van der Waals surface area contributed by atoms with Crippen LogP contribution < -0.4 is 5.32 Å². The summed E-state index contributed by atoms with van der Waals surface area (Å²) in [6.45, 7) is -0.660. The Bertz CT molecular complexity index is 494. The van der Waals surface area contributed by atoms with Gasteiger partial charge < -0.3 is 15.3 Å². The summed E-state index contributed by atoms with van der Waals surface area (Å²) >= 11 is 0. The van der Waals surface area contributed by atoms with Gasteiger partial charge in [0, 0.05) is 6.04 Å². The largest absolute Gasteiger partial charge is 0.480 e. The van der Waals surface area contributed by atoms with Gasteiger partial charge in [0.15, 0.2) is 9.84 Å². The number of sulfone groups is 1. The summed E-state index contributed by atoms with van der Waals surface area (Å²) in [7, 11) is -3.13. The van der Waals surface area contributed by atoms with Crippen molar-refractivity contribution in [1.29, 1.82) is 0 Å². The Morgan fingerprint density at radius 1 is 1.47 bits per heavy atom. The fourth-order valence-corrected chi connectivity index (χ4v) is 3.51. The molecule has 0 bridgehead atoms. The number of terminal acetylenes is 1. The van der Waals surface area contributed by atoms with Crippen LogP contribution in [0.2, 0.25) is 0 Å². The quantitative estimate of drug-likeness (QED) is 0.665. The topological polar surface area (TPSA) is 104 Å². The first-order chi connectivity index (χ1) is 8.84. The molecule has 0 radical (unpaired) electrons. The zero-order valence-electron chi connectivity index (χ0n) is 10.3. The molecule has 2 N–H and O–H groups in total. The molecule has 1 atom stereocenters. The smallest absolute Gasteiger partial charge is 0.323 e. The number of nitrogens with zero attached hydrogens (tertiary/aromatic N) is 1. The molecule has 7 nitrogen and oxygen atoms in total. The van der Waals surface area contributed by atoms with E-state index in [4.69, 9.17) is 11.5 Å². The van der Waals surface area contributed by atoms with Crippen LogP contribution in [-0.4, -0.2) is 61.1 Å². The molecule has 0 aromatic rings. The maximum absolute atomic E-state index is 11.8. The number of rotatable bonds is 4. The van der Waals surface area contributed by atoms with E-state index in [-0.39, 0.29) is 18.1 Å². The first-order valence-electron chi connectivity index (χ1n) is 5.75. The van der Waals surface area contributed by atoms with Crippen molar-refractivity contribution in [2.45, 2.75) is 18.9 Å². The lowest BCUT2D eigenvalue weighted by Gasteiger charge is -2.26. The third-order valence-electron chi connectivity index (χ3n) is 2.69. The van der Waals surface area contributed by atoms with Gasteiger partial charge in [-0.05, 0) is 12.8 Å². The number of carboxylic acid groups (broad SMARTS) is 1. The lowest BCUT2D eigenvalue weighted by molar-refractivity contribution is -0.137. The van der Waals surface area contributed by atoms with Gasteiger partial charge in [0.05, 0.1) is 18.1 Å². The Morgan fingerprint density at radius 2 is 2.16 bits per heavy atom. The fourth-order valence-electron chi connectivity index (χ4n) is 1.88. The molecular weight excluding hydrogens is 272 g/mol. The van der Waals surface area contributed by atoms with Gasteiger partial charge in [0.1, 0.15) is 6.54 Å². The third kappa shape index (κ3) is 5.18. The van der Waals surface area contributed by atoms with Crippen LogP contribution in [0.25, 0.3) is 0 Å². The highest BCUT2D eigenvalue weighted by Crippen LogP contribution is 2.12. The number of carbonyl (C=O) groups is 2. The molecule has 0 aromatic heterocycles. The van der Waals surface area contributed by atoms with E-state index in [1.165, 1.54) is 0 Å². The van der Waals surface area contributed by atoms with Crippen molar-refractivity contribution >= 4 is 21.8 Å². The molecule has 2 amide bonds. The minimum absolute atomic E-state index is 0.115. The Balaban J connectivity index is 2.61. The second kappa shape index (κ2) is 6.43. The maximum atomic E-state index is 11.8. The molecule has 1 unspecified atom stereocenters. The zero-order valence-corrected chi connectivity index (χ0v) is 11.1. The number of hydrogen-bond donors (Lipinski definition) is 2. The number of urea groups is 1. The Hall–Kier alpha value is -1.75. The monoisotopic (exact) mass is 288 g/mol. The summed E-state index contributed by atoms with van der Waals surface area (Å²) in [6, 6.07) is -1.14. The number of carbonyl (C=O) groups excluding carboxylic acids is 1. The van der Waals surface area contributed by atoms with E-state index in [0.29, 0.717) is 12.8 Å². The lowest BCUT2D eigenvalue weighted by Crippen LogP contribution is -2.50. The van der Waals surface area contributed by atoms with Crippen molar-refractivity contribution in [3.63, 3.8) is 0 Å². The first-order valence-corrected chi connectivity index (χ1v) is 7.57. The summed E-state index contributed by atoms with van der Waals surface area (Å²) in [4.78, 5) is 23.4. The number of amides is 2. The predicted molar refractivity (Wildman–Crippen MR) is 68.2 cm³/mol. The van der Waals surface area contributed by atoms with E-state index in [1.54, 1.807) is 0 Å². The van der Waals surface area contributed by atoms with Crippen LogP contribution in [0.3, 0.4) is 0 Å². The van der Waals surface area contributed by atoms with E-state index in [2.05, 4.69) is 11.2 Å². The van der Waals surface area contributed by atoms with Gasteiger partial charge in [-0.1, -0.05) is 5.92 Å². The molecule has 0 aliphatic carbocycles. The Labute approximate surface area is 111 Å². The van der Waals surface area contributed by atoms with Crippen LogP contribution in [0.1, 0.15) is 12.8 Å². The molecule has 1 fully saturated rings. The highest BCUT2D eigenvalue weighted by Gasteiger charge is 2.27. The van der Waals surface area contributed by atoms with Gasteiger partial charge in [-0.15, -0.1) is 6.42 Å². The van der Waals surface area contributed by atoms with Gasteiger partial charge in [0.2, 0.25) is 0 Å². The molecule has 19 heavy (non-hydrogen) atoms. The summed E-state index contributed by atoms with van der Waals surface area (Å²) < 4.78 is 22.8. The summed E-state index contributed by atoms with van der Waals surface area (Å²) in [6.07, 6.45) is 6.10. The molecule has 0 aromatic carbocycles. The van der Waals surface area contributed by atoms with Gasteiger partial charge in [-0.2, -0.15) is 0 Å².